The van der Waals surface area contributed by atoms with Crippen LogP contribution in [0.1, 0.15) is 28.5 Å². The quantitative estimate of drug-likeness (QED) is 0.334. The molecule has 0 N–H and O–H groups in total. The van der Waals surface area contributed by atoms with Gasteiger partial charge in [-0.3, -0.25) is 4.79 Å². The molecule has 0 saturated carbocycles. The molecule has 1 aliphatic heterocycles. The second-order valence-corrected chi connectivity index (χ2v) is 9.22. The number of benzene rings is 3. The number of aromatic nitrogens is 1. The fourth-order valence-corrected chi connectivity index (χ4v) is 5.07. The van der Waals surface area contributed by atoms with Gasteiger partial charge in [-0.1, -0.05) is 48.5 Å². The largest absolute Gasteiger partial charge is 0.494 e. The third-order valence-electron chi connectivity index (χ3n) is 6.98. The van der Waals surface area contributed by atoms with E-state index in [9.17, 15) is 4.79 Å². The highest BCUT2D eigenvalue weighted by molar-refractivity contribution is 5.97. The molecule has 1 aromatic heterocycles. The molecule has 1 aliphatic rings. The molecule has 0 aliphatic carbocycles. The summed E-state index contributed by atoms with van der Waals surface area (Å²) >= 11 is 0. The van der Waals surface area contributed by atoms with E-state index in [1.807, 2.05) is 49.1 Å². The Bertz CT molecular complexity index is 1330. The van der Waals surface area contributed by atoms with Gasteiger partial charge in [0.1, 0.15) is 5.75 Å². The van der Waals surface area contributed by atoms with E-state index in [2.05, 4.69) is 71.0 Å². The van der Waals surface area contributed by atoms with Crippen molar-refractivity contribution in [2.45, 2.75) is 20.8 Å². The number of ether oxygens (including phenoxy) is 1. The van der Waals surface area contributed by atoms with Crippen LogP contribution in [0.25, 0.3) is 16.9 Å². The second kappa shape index (κ2) is 10.3. The van der Waals surface area contributed by atoms with Crippen LogP contribution in [0, 0.1) is 13.8 Å². The van der Waals surface area contributed by atoms with Crippen molar-refractivity contribution in [3.8, 4) is 22.7 Å². The molecule has 0 radical (unpaired) electrons. The number of anilines is 1. The van der Waals surface area contributed by atoms with E-state index in [1.165, 1.54) is 11.3 Å². The van der Waals surface area contributed by atoms with E-state index in [0.717, 1.165) is 47.0 Å². The number of piperazine rings is 1. The molecule has 184 valence electrons. The van der Waals surface area contributed by atoms with Gasteiger partial charge in [0.05, 0.1) is 17.9 Å². The Hall–Kier alpha value is -3.99. The monoisotopic (exact) mass is 479 g/mol. The van der Waals surface area contributed by atoms with Crippen LogP contribution in [0.2, 0.25) is 0 Å². The van der Waals surface area contributed by atoms with Crippen LogP contribution in [0.15, 0.2) is 84.9 Å². The Morgan fingerprint density at radius 2 is 1.50 bits per heavy atom. The third kappa shape index (κ3) is 4.61. The maximum absolute atomic E-state index is 13.8. The Kier molecular flexibility index (Phi) is 6.81. The van der Waals surface area contributed by atoms with Crippen molar-refractivity contribution in [3.05, 3.63) is 102 Å². The van der Waals surface area contributed by atoms with Crippen LogP contribution >= 0.6 is 0 Å². The molecule has 0 atom stereocenters. The second-order valence-electron chi connectivity index (χ2n) is 9.22. The molecule has 36 heavy (non-hydrogen) atoms. The Morgan fingerprint density at radius 3 is 2.17 bits per heavy atom. The number of amides is 1. The summed E-state index contributed by atoms with van der Waals surface area (Å²) < 4.78 is 7.82. The molecule has 0 unspecified atom stereocenters. The van der Waals surface area contributed by atoms with E-state index in [1.54, 1.807) is 0 Å². The average Bonchev–Trinajstić information content (AvgIpc) is 3.27. The summed E-state index contributed by atoms with van der Waals surface area (Å²) in [5.41, 5.74) is 7.34. The third-order valence-corrected chi connectivity index (χ3v) is 6.98. The zero-order valence-electron chi connectivity index (χ0n) is 21.3. The summed E-state index contributed by atoms with van der Waals surface area (Å²) in [7, 11) is 0. The van der Waals surface area contributed by atoms with Gasteiger partial charge in [0.15, 0.2) is 0 Å². The predicted molar refractivity (Wildman–Crippen MR) is 146 cm³/mol. The lowest BCUT2D eigenvalue weighted by atomic mass is 10.1. The molecule has 1 amide bonds. The topological polar surface area (TPSA) is 37.7 Å². The minimum atomic E-state index is 0.0961. The molecular formula is C31H33N3O2. The van der Waals surface area contributed by atoms with Gasteiger partial charge in [0.2, 0.25) is 0 Å². The predicted octanol–water partition coefficient (Wildman–Crippen LogP) is 6.12. The number of hydrogen-bond acceptors (Lipinski definition) is 3. The molecule has 2 heterocycles. The van der Waals surface area contributed by atoms with Crippen LogP contribution in [0.3, 0.4) is 0 Å². The molecule has 5 nitrogen and oxygen atoms in total. The maximum atomic E-state index is 13.8. The zero-order valence-corrected chi connectivity index (χ0v) is 21.3. The van der Waals surface area contributed by atoms with Crippen LogP contribution in [-0.2, 0) is 0 Å². The number of hydrogen-bond donors (Lipinski definition) is 0. The highest BCUT2D eigenvalue weighted by Crippen LogP contribution is 2.31. The number of aryl methyl sites for hydroxylation is 1. The summed E-state index contributed by atoms with van der Waals surface area (Å²) in [6.45, 7) is 9.89. The lowest BCUT2D eigenvalue weighted by Gasteiger charge is -2.36. The molecule has 3 aromatic carbocycles. The van der Waals surface area contributed by atoms with Crippen molar-refractivity contribution in [2.24, 2.45) is 0 Å². The summed E-state index contributed by atoms with van der Waals surface area (Å²) in [5.74, 6) is 0.939. The van der Waals surface area contributed by atoms with Crippen LogP contribution in [-0.4, -0.2) is 48.2 Å². The average molecular weight is 480 g/mol. The number of carbonyl (C=O) groups excluding carboxylic acids is 1. The zero-order chi connectivity index (χ0) is 25.1. The van der Waals surface area contributed by atoms with E-state index >= 15 is 0 Å². The van der Waals surface area contributed by atoms with Crippen molar-refractivity contribution >= 4 is 11.6 Å². The smallest absolute Gasteiger partial charge is 0.255 e. The van der Waals surface area contributed by atoms with Gasteiger partial charge in [-0.15, -0.1) is 0 Å². The van der Waals surface area contributed by atoms with Crippen molar-refractivity contribution in [3.63, 3.8) is 0 Å². The Morgan fingerprint density at radius 1 is 0.833 bits per heavy atom. The molecule has 1 saturated heterocycles. The molecule has 4 aromatic rings. The first-order valence-corrected chi connectivity index (χ1v) is 12.7. The molecule has 5 rings (SSSR count). The first kappa shape index (κ1) is 23.7. The lowest BCUT2D eigenvalue weighted by molar-refractivity contribution is 0.0746. The summed E-state index contributed by atoms with van der Waals surface area (Å²) in [4.78, 5) is 18.1. The summed E-state index contributed by atoms with van der Waals surface area (Å²) in [6, 6.07) is 28.9. The van der Waals surface area contributed by atoms with Crippen LogP contribution in [0.5, 0.6) is 5.75 Å². The van der Waals surface area contributed by atoms with Gasteiger partial charge >= 0.3 is 0 Å². The van der Waals surface area contributed by atoms with Crippen molar-refractivity contribution in [1.82, 2.24) is 9.47 Å². The fraction of sp³-hybridized carbons (Fsp3) is 0.258. The lowest BCUT2D eigenvalue weighted by Crippen LogP contribution is -2.49. The van der Waals surface area contributed by atoms with E-state index < -0.39 is 0 Å². The van der Waals surface area contributed by atoms with Gasteiger partial charge in [0, 0.05) is 43.2 Å². The van der Waals surface area contributed by atoms with Crippen molar-refractivity contribution in [1.29, 1.82) is 0 Å². The molecule has 5 heteroatoms. The molecule has 0 spiro atoms. The highest BCUT2D eigenvalue weighted by atomic mass is 16.5. The fourth-order valence-electron chi connectivity index (χ4n) is 5.07. The minimum absolute atomic E-state index is 0.0961. The van der Waals surface area contributed by atoms with Crippen molar-refractivity contribution < 1.29 is 9.53 Å². The van der Waals surface area contributed by atoms with E-state index in [0.29, 0.717) is 19.7 Å². The Labute approximate surface area is 213 Å². The SMILES string of the molecule is CCOc1ccc(-n2c(-c3ccccc3)cc(C(=O)N3CCN(c4ccccc4C)CC3)c2C)cc1. The number of carbonyl (C=O) groups is 1. The molecule has 1 fully saturated rings. The highest BCUT2D eigenvalue weighted by Gasteiger charge is 2.27. The van der Waals surface area contributed by atoms with Gasteiger partial charge in [-0.05, 0) is 68.3 Å². The molecule has 0 bridgehead atoms. The summed E-state index contributed by atoms with van der Waals surface area (Å²) in [6.07, 6.45) is 0. The number of nitrogens with zero attached hydrogens (tertiary/aromatic N) is 3. The normalized spacial score (nSPS) is 13.6. The van der Waals surface area contributed by atoms with Gasteiger partial charge in [0.25, 0.3) is 5.91 Å². The van der Waals surface area contributed by atoms with Gasteiger partial charge in [-0.2, -0.15) is 0 Å². The Balaban J connectivity index is 1.44. The van der Waals surface area contributed by atoms with Crippen molar-refractivity contribution in [2.75, 3.05) is 37.7 Å². The maximum Gasteiger partial charge on any atom is 0.255 e. The van der Waals surface area contributed by atoms with E-state index in [-0.39, 0.29) is 5.91 Å². The van der Waals surface area contributed by atoms with Gasteiger partial charge in [-0.25, -0.2) is 0 Å². The van der Waals surface area contributed by atoms with Crippen LogP contribution in [0.4, 0.5) is 5.69 Å². The molecular weight excluding hydrogens is 446 g/mol. The first-order chi connectivity index (χ1) is 17.6. The minimum Gasteiger partial charge on any atom is -0.494 e. The first-order valence-electron chi connectivity index (χ1n) is 12.7. The number of rotatable bonds is 6. The standard InChI is InChI=1S/C31H33N3O2/c1-4-36-27-16-14-26(15-17-27)34-24(3)28(22-30(34)25-11-6-5-7-12-25)31(35)33-20-18-32(19-21-33)29-13-9-8-10-23(29)2/h5-17,22H,4,18-21H2,1-3H3. The summed E-state index contributed by atoms with van der Waals surface area (Å²) in [5, 5.41) is 0. The number of para-hydroxylation sites is 1. The van der Waals surface area contributed by atoms with Gasteiger partial charge < -0.3 is 19.1 Å². The van der Waals surface area contributed by atoms with Crippen LogP contribution < -0.4 is 9.64 Å². The van der Waals surface area contributed by atoms with E-state index in [4.69, 9.17) is 4.74 Å².